The van der Waals surface area contributed by atoms with E-state index in [1.54, 1.807) is 18.2 Å². The van der Waals surface area contributed by atoms with E-state index in [9.17, 15) is 28.7 Å². The van der Waals surface area contributed by atoms with Gasteiger partial charge in [0.1, 0.15) is 17.2 Å². The highest BCUT2D eigenvalue weighted by molar-refractivity contribution is 8.00. The van der Waals surface area contributed by atoms with Crippen LogP contribution in [0.2, 0.25) is 0 Å². The molecule has 8 nitrogen and oxygen atoms in total. The average molecular weight is 380 g/mol. The van der Waals surface area contributed by atoms with Gasteiger partial charge >= 0.3 is 11.9 Å². The van der Waals surface area contributed by atoms with Gasteiger partial charge in [0.05, 0.1) is 0 Å². The second-order valence-corrected chi connectivity index (χ2v) is 6.74. The van der Waals surface area contributed by atoms with Gasteiger partial charge in [-0.1, -0.05) is 30.3 Å². The average Bonchev–Trinajstić information content (AvgIpc) is 2.60. The zero-order valence-corrected chi connectivity index (χ0v) is 13.9. The van der Waals surface area contributed by atoms with Crippen LogP contribution >= 0.6 is 11.8 Å². The first kappa shape index (κ1) is 17.9. The summed E-state index contributed by atoms with van der Waals surface area (Å²) in [6.45, 7) is 0. The van der Waals surface area contributed by atoms with Crippen molar-refractivity contribution in [1.29, 1.82) is 0 Å². The fourth-order valence-corrected chi connectivity index (χ4v) is 4.06. The van der Waals surface area contributed by atoms with Crippen LogP contribution in [-0.4, -0.2) is 56.0 Å². The molecule has 0 saturated carbocycles. The fraction of sp³-hybridized carbons (Fsp3) is 0.250. The van der Waals surface area contributed by atoms with Gasteiger partial charge in [-0.05, 0) is 5.56 Å². The van der Waals surface area contributed by atoms with Crippen LogP contribution in [0.25, 0.3) is 0 Å². The number of nitrogens with zero attached hydrogens (tertiary/aromatic N) is 1. The van der Waals surface area contributed by atoms with Crippen molar-refractivity contribution in [1.82, 2.24) is 10.2 Å². The summed E-state index contributed by atoms with van der Waals surface area (Å²) in [4.78, 5) is 48.0. The number of rotatable bonds is 5. The number of carbonyl (C=O) groups excluding carboxylic acids is 2. The van der Waals surface area contributed by atoms with Gasteiger partial charge in [-0.15, -0.1) is 11.8 Å². The second-order valence-electron chi connectivity index (χ2n) is 5.64. The number of carboxylic acids is 2. The highest BCUT2D eigenvalue weighted by Crippen LogP contribution is 2.40. The molecule has 0 bridgehead atoms. The van der Waals surface area contributed by atoms with Crippen LogP contribution < -0.4 is 5.32 Å². The van der Waals surface area contributed by atoms with E-state index in [0.717, 1.165) is 16.7 Å². The molecule has 0 aliphatic carbocycles. The van der Waals surface area contributed by atoms with E-state index in [2.05, 4.69) is 5.32 Å². The molecule has 1 fully saturated rings. The van der Waals surface area contributed by atoms with Crippen LogP contribution in [0.3, 0.4) is 0 Å². The molecule has 3 N–H and O–H groups in total. The van der Waals surface area contributed by atoms with Crippen molar-refractivity contribution in [3.63, 3.8) is 0 Å². The fourth-order valence-electron chi connectivity index (χ4n) is 2.87. The van der Waals surface area contributed by atoms with Crippen LogP contribution in [0.5, 0.6) is 0 Å². The van der Waals surface area contributed by atoms with Gasteiger partial charge in [0.25, 0.3) is 5.91 Å². The Kier molecular flexibility index (Phi) is 4.68. The Labute approximate surface area is 150 Å². The molecule has 2 aliphatic rings. The van der Waals surface area contributed by atoms with Crippen molar-refractivity contribution in [2.24, 2.45) is 0 Å². The lowest BCUT2D eigenvalue weighted by Crippen LogP contribution is -2.70. The molecule has 136 valence electrons. The number of aliphatic carboxylic acids is 2. The molecule has 10 heteroatoms. The van der Waals surface area contributed by atoms with Gasteiger partial charge in [0, 0.05) is 5.75 Å². The number of β-lactam (4-membered cyclic amide) rings is 1. The van der Waals surface area contributed by atoms with Crippen molar-refractivity contribution in [2.75, 3.05) is 5.75 Å². The Hall–Kier alpha value is -2.88. The van der Waals surface area contributed by atoms with Crippen LogP contribution in [0.15, 0.2) is 41.9 Å². The predicted molar refractivity (Wildman–Crippen MR) is 87.6 cm³/mol. The summed E-state index contributed by atoms with van der Waals surface area (Å²) in [6, 6.07) is 6.67. The number of benzene rings is 1. The minimum atomic E-state index is -1.57. The third-order valence-corrected chi connectivity index (χ3v) is 5.31. The van der Waals surface area contributed by atoms with E-state index in [1.165, 1.54) is 12.1 Å². The zero-order valence-electron chi connectivity index (χ0n) is 13.1. The third kappa shape index (κ3) is 2.92. The highest BCUT2D eigenvalue weighted by Gasteiger charge is 2.55. The van der Waals surface area contributed by atoms with Gasteiger partial charge in [-0.2, -0.15) is 0 Å². The topological polar surface area (TPSA) is 124 Å². The van der Waals surface area contributed by atoms with Gasteiger partial charge in [0.15, 0.2) is 11.6 Å². The minimum Gasteiger partial charge on any atom is -0.480 e. The maximum atomic E-state index is 13.7. The van der Waals surface area contributed by atoms with Crippen molar-refractivity contribution in [3.8, 4) is 0 Å². The monoisotopic (exact) mass is 380 g/mol. The Morgan fingerprint density at radius 3 is 2.46 bits per heavy atom. The minimum absolute atomic E-state index is 0.245. The molecular weight excluding hydrogens is 367 g/mol. The number of nitrogens with one attached hydrogen (secondary N) is 1. The SMILES string of the molecule is O=C(O)C1=C(F)CS[C@H]2C(NC(=O)C(C(=O)O)c3ccccc3)C(=O)N12. The van der Waals surface area contributed by atoms with E-state index in [1.807, 2.05) is 0 Å². The van der Waals surface area contributed by atoms with E-state index in [0.29, 0.717) is 0 Å². The summed E-state index contributed by atoms with van der Waals surface area (Å²) in [5.41, 5.74) is -0.489. The Bertz CT molecular complexity index is 827. The number of amides is 2. The van der Waals surface area contributed by atoms with Gasteiger partial charge in [-0.3, -0.25) is 19.3 Å². The largest absolute Gasteiger partial charge is 0.480 e. The Balaban J connectivity index is 1.78. The van der Waals surface area contributed by atoms with E-state index in [-0.39, 0.29) is 11.3 Å². The number of halogens is 1. The molecule has 3 atom stereocenters. The predicted octanol–water partition coefficient (Wildman–Crippen LogP) is 0.520. The second kappa shape index (κ2) is 6.79. The summed E-state index contributed by atoms with van der Waals surface area (Å²) in [5, 5.41) is 20.0. The smallest absolute Gasteiger partial charge is 0.355 e. The first-order chi connectivity index (χ1) is 12.3. The Morgan fingerprint density at radius 1 is 1.23 bits per heavy atom. The van der Waals surface area contributed by atoms with E-state index >= 15 is 0 Å². The summed E-state index contributed by atoms with van der Waals surface area (Å²) in [6.07, 6.45) is 0. The summed E-state index contributed by atoms with van der Waals surface area (Å²) >= 11 is 0.959. The van der Waals surface area contributed by atoms with Crippen molar-refractivity contribution in [3.05, 3.63) is 47.4 Å². The summed E-state index contributed by atoms with van der Waals surface area (Å²) < 4.78 is 13.7. The molecule has 1 aromatic rings. The van der Waals surface area contributed by atoms with E-state index in [4.69, 9.17) is 5.11 Å². The first-order valence-electron chi connectivity index (χ1n) is 7.47. The van der Waals surface area contributed by atoms with Crippen molar-refractivity contribution < 1.29 is 33.8 Å². The highest BCUT2D eigenvalue weighted by atomic mass is 32.2. The third-order valence-electron chi connectivity index (χ3n) is 4.06. The molecule has 1 saturated heterocycles. The molecule has 2 heterocycles. The molecule has 2 aliphatic heterocycles. The molecule has 0 spiro atoms. The van der Waals surface area contributed by atoms with Gasteiger partial charge < -0.3 is 15.5 Å². The lowest BCUT2D eigenvalue weighted by molar-refractivity contribution is -0.152. The van der Waals surface area contributed by atoms with Gasteiger partial charge in [0.2, 0.25) is 5.91 Å². The molecule has 0 radical (unpaired) electrons. The standard InChI is InChI=1S/C16H13FN2O6S/c17-8-6-26-14-10(13(21)19(14)11(8)16(24)25)18-12(20)9(15(22)23)7-4-2-1-3-5-7/h1-5,9-10,14H,6H2,(H,18,20)(H,22,23)(H,24,25)/t9?,10?,14-/m0/s1. The van der Waals surface area contributed by atoms with Crippen LogP contribution in [0, 0.1) is 0 Å². The number of thioether (sulfide) groups is 1. The molecule has 2 amide bonds. The maximum absolute atomic E-state index is 13.7. The van der Waals surface area contributed by atoms with Gasteiger partial charge in [-0.25, -0.2) is 9.18 Å². The van der Waals surface area contributed by atoms with Crippen LogP contribution in [0.4, 0.5) is 4.39 Å². The number of carbonyl (C=O) groups is 4. The molecular formula is C16H13FN2O6S. The number of carboxylic acid groups (broad SMARTS) is 2. The number of hydrogen-bond donors (Lipinski definition) is 3. The zero-order chi connectivity index (χ0) is 19.0. The molecule has 26 heavy (non-hydrogen) atoms. The lowest BCUT2D eigenvalue weighted by Gasteiger charge is -2.48. The Morgan fingerprint density at radius 2 is 1.88 bits per heavy atom. The molecule has 1 aromatic carbocycles. The molecule has 0 aromatic heterocycles. The summed E-state index contributed by atoms with van der Waals surface area (Å²) in [7, 11) is 0. The lowest BCUT2D eigenvalue weighted by atomic mass is 9.96. The maximum Gasteiger partial charge on any atom is 0.355 e. The normalized spacial score (nSPS) is 23.0. The molecule has 3 rings (SSSR count). The van der Waals surface area contributed by atoms with E-state index < -0.39 is 52.6 Å². The van der Waals surface area contributed by atoms with Crippen molar-refractivity contribution in [2.45, 2.75) is 17.3 Å². The quantitative estimate of drug-likeness (QED) is 0.502. The molecule has 2 unspecified atom stereocenters. The summed E-state index contributed by atoms with van der Waals surface area (Å²) in [5.74, 6) is -7.33. The number of hydrogen-bond acceptors (Lipinski definition) is 5. The van der Waals surface area contributed by atoms with Crippen molar-refractivity contribution >= 4 is 35.5 Å². The number of fused-ring (bicyclic) bond motifs is 1. The van der Waals surface area contributed by atoms with Crippen LogP contribution in [0.1, 0.15) is 11.5 Å². The van der Waals surface area contributed by atoms with Crippen LogP contribution in [-0.2, 0) is 19.2 Å². The first-order valence-corrected chi connectivity index (χ1v) is 8.52.